The van der Waals surface area contributed by atoms with Gasteiger partial charge in [-0.15, -0.1) is 0 Å². The molecule has 0 fully saturated rings. The van der Waals surface area contributed by atoms with E-state index in [9.17, 15) is 0 Å². The summed E-state index contributed by atoms with van der Waals surface area (Å²) in [5.74, 6) is 1.04. The Bertz CT molecular complexity index is 756. The lowest BCUT2D eigenvalue weighted by Gasteiger charge is -2.04. The largest absolute Gasteiger partial charge is 0.313 e. The average molecular weight is 265 g/mol. The Kier molecular flexibility index (Phi) is 3.28. The highest BCUT2D eigenvalue weighted by Crippen LogP contribution is 2.28. The zero-order valence-corrected chi connectivity index (χ0v) is 12.1. The summed E-state index contributed by atoms with van der Waals surface area (Å²) in [6, 6.07) is 12.8. The average Bonchev–Trinajstić information content (AvgIpc) is 2.79. The third-order valence-electron chi connectivity index (χ3n) is 3.59. The summed E-state index contributed by atoms with van der Waals surface area (Å²) in [5, 5.41) is 3.18. The molecule has 0 atom stereocenters. The van der Waals surface area contributed by atoms with Gasteiger partial charge in [0, 0.05) is 11.8 Å². The number of benzene rings is 1. The monoisotopic (exact) mass is 265 g/mol. The minimum Gasteiger partial charge on any atom is -0.313 e. The molecule has 0 spiro atoms. The predicted octanol–water partition coefficient (Wildman–Crippen LogP) is 3.34. The number of rotatable bonds is 3. The molecule has 0 saturated carbocycles. The molecule has 0 amide bonds. The molecule has 3 heteroatoms. The summed E-state index contributed by atoms with van der Waals surface area (Å²) >= 11 is 0. The van der Waals surface area contributed by atoms with Gasteiger partial charge in [0.2, 0.25) is 0 Å². The van der Waals surface area contributed by atoms with E-state index >= 15 is 0 Å². The van der Waals surface area contributed by atoms with Crippen molar-refractivity contribution in [3.63, 3.8) is 0 Å². The van der Waals surface area contributed by atoms with Crippen LogP contribution in [0.2, 0.25) is 0 Å². The lowest BCUT2D eigenvalue weighted by Crippen LogP contribution is -2.08. The van der Waals surface area contributed by atoms with Crippen molar-refractivity contribution in [2.24, 2.45) is 0 Å². The molecule has 3 rings (SSSR count). The fourth-order valence-corrected chi connectivity index (χ4v) is 2.66. The van der Waals surface area contributed by atoms with E-state index in [1.165, 1.54) is 16.7 Å². The molecule has 0 saturated heterocycles. The Morgan fingerprint density at radius 3 is 2.75 bits per heavy atom. The number of nitrogens with zero attached hydrogens (tertiary/aromatic N) is 2. The molecule has 3 aromatic rings. The first kappa shape index (κ1) is 12.9. The second-order valence-electron chi connectivity index (χ2n) is 5.18. The summed E-state index contributed by atoms with van der Waals surface area (Å²) in [5.41, 5.74) is 5.98. The van der Waals surface area contributed by atoms with Gasteiger partial charge in [0.15, 0.2) is 0 Å². The van der Waals surface area contributed by atoms with Gasteiger partial charge in [-0.2, -0.15) is 0 Å². The number of hydrogen-bond acceptors (Lipinski definition) is 2. The second-order valence-corrected chi connectivity index (χ2v) is 5.18. The zero-order chi connectivity index (χ0) is 14.1. The second kappa shape index (κ2) is 5.10. The first-order valence-corrected chi connectivity index (χ1v) is 6.89. The molecule has 1 N–H and O–H groups in total. The van der Waals surface area contributed by atoms with Crippen LogP contribution in [-0.2, 0) is 6.54 Å². The maximum Gasteiger partial charge on any atom is 0.128 e. The van der Waals surface area contributed by atoms with E-state index in [-0.39, 0.29) is 0 Å². The SMILES string of the molecule is CNCc1nc(-c2ccc(C)cc2C)c2ccccn12. The minimum atomic E-state index is 0.760. The number of imidazole rings is 1. The molecule has 0 radical (unpaired) electrons. The molecule has 0 unspecified atom stereocenters. The van der Waals surface area contributed by atoms with Crippen molar-refractivity contribution in [2.45, 2.75) is 20.4 Å². The summed E-state index contributed by atoms with van der Waals surface area (Å²) in [6.45, 7) is 5.03. The first-order chi connectivity index (χ1) is 9.70. The molecule has 0 aliphatic rings. The van der Waals surface area contributed by atoms with Crippen LogP contribution in [0.15, 0.2) is 42.6 Å². The minimum absolute atomic E-state index is 0.760. The van der Waals surface area contributed by atoms with Crippen molar-refractivity contribution in [1.82, 2.24) is 14.7 Å². The molecule has 102 valence electrons. The van der Waals surface area contributed by atoms with E-state index in [4.69, 9.17) is 4.98 Å². The van der Waals surface area contributed by atoms with E-state index in [0.717, 1.165) is 23.6 Å². The fraction of sp³-hybridized carbons (Fsp3) is 0.235. The third kappa shape index (κ3) is 2.10. The Balaban J connectivity index is 2.25. The van der Waals surface area contributed by atoms with Crippen molar-refractivity contribution in [3.05, 3.63) is 59.5 Å². The molecule has 0 aliphatic carbocycles. The molecular weight excluding hydrogens is 246 g/mol. The van der Waals surface area contributed by atoms with E-state index in [1.807, 2.05) is 13.1 Å². The lowest BCUT2D eigenvalue weighted by molar-refractivity contribution is 0.756. The molecule has 2 heterocycles. The lowest BCUT2D eigenvalue weighted by atomic mass is 10.0. The maximum absolute atomic E-state index is 4.84. The van der Waals surface area contributed by atoms with Crippen LogP contribution < -0.4 is 5.32 Å². The third-order valence-corrected chi connectivity index (χ3v) is 3.59. The molecule has 1 aromatic carbocycles. The highest BCUT2D eigenvalue weighted by atomic mass is 15.1. The zero-order valence-electron chi connectivity index (χ0n) is 12.1. The summed E-state index contributed by atoms with van der Waals surface area (Å²) in [6.07, 6.45) is 2.07. The van der Waals surface area contributed by atoms with E-state index < -0.39 is 0 Å². The van der Waals surface area contributed by atoms with Crippen LogP contribution in [0.5, 0.6) is 0 Å². The highest BCUT2D eigenvalue weighted by Gasteiger charge is 2.13. The summed E-state index contributed by atoms with van der Waals surface area (Å²) in [4.78, 5) is 4.84. The summed E-state index contributed by atoms with van der Waals surface area (Å²) < 4.78 is 2.16. The smallest absolute Gasteiger partial charge is 0.128 e. The van der Waals surface area contributed by atoms with Crippen molar-refractivity contribution in [1.29, 1.82) is 0 Å². The van der Waals surface area contributed by atoms with Crippen LogP contribution in [0.4, 0.5) is 0 Å². The Morgan fingerprint density at radius 1 is 1.15 bits per heavy atom. The first-order valence-electron chi connectivity index (χ1n) is 6.89. The van der Waals surface area contributed by atoms with Crippen LogP contribution in [0.25, 0.3) is 16.8 Å². The predicted molar refractivity (Wildman–Crippen MR) is 82.9 cm³/mol. The van der Waals surface area contributed by atoms with E-state index in [0.29, 0.717) is 0 Å². The van der Waals surface area contributed by atoms with E-state index in [1.54, 1.807) is 0 Å². The normalized spacial score (nSPS) is 11.2. The van der Waals surface area contributed by atoms with Gasteiger partial charge in [-0.25, -0.2) is 4.98 Å². The van der Waals surface area contributed by atoms with Gasteiger partial charge in [0.1, 0.15) is 5.82 Å². The van der Waals surface area contributed by atoms with Crippen molar-refractivity contribution in [3.8, 4) is 11.3 Å². The quantitative estimate of drug-likeness (QED) is 0.787. The fourth-order valence-electron chi connectivity index (χ4n) is 2.66. The van der Waals surface area contributed by atoms with Gasteiger partial charge in [-0.1, -0.05) is 29.8 Å². The van der Waals surface area contributed by atoms with Crippen LogP contribution in [0.3, 0.4) is 0 Å². The molecule has 0 aliphatic heterocycles. The Labute approximate surface area is 119 Å². The molecule has 0 bridgehead atoms. The number of pyridine rings is 1. The number of aromatic nitrogens is 2. The summed E-state index contributed by atoms with van der Waals surface area (Å²) in [7, 11) is 1.95. The van der Waals surface area contributed by atoms with Gasteiger partial charge in [-0.05, 0) is 38.6 Å². The van der Waals surface area contributed by atoms with Crippen molar-refractivity contribution >= 4 is 5.52 Å². The maximum atomic E-state index is 4.84. The number of fused-ring (bicyclic) bond motifs is 1. The molecular formula is C17H19N3. The number of aryl methyl sites for hydroxylation is 2. The topological polar surface area (TPSA) is 29.3 Å². The van der Waals surface area contributed by atoms with Crippen molar-refractivity contribution in [2.75, 3.05) is 7.05 Å². The number of nitrogens with one attached hydrogen (secondary N) is 1. The van der Waals surface area contributed by atoms with Crippen LogP contribution in [-0.4, -0.2) is 16.4 Å². The van der Waals surface area contributed by atoms with Gasteiger partial charge in [0.05, 0.1) is 17.8 Å². The Morgan fingerprint density at radius 2 is 2.00 bits per heavy atom. The molecule has 3 nitrogen and oxygen atoms in total. The van der Waals surface area contributed by atoms with Crippen LogP contribution in [0, 0.1) is 13.8 Å². The van der Waals surface area contributed by atoms with Gasteiger partial charge >= 0.3 is 0 Å². The Hall–Kier alpha value is -2.13. The van der Waals surface area contributed by atoms with E-state index in [2.05, 4.69) is 60.1 Å². The van der Waals surface area contributed by atoms with Crippen LogP contribution in [0.1, 0.15) is 17.0 Å². The standard InChI is InChI=1S/C17H19N3/c1-12-7-8-14(13(2)10-12)17-15-6-4-5-9-20(15)16(19-17)11-18-3/h4-10,18H,11H2,1-3H3. The van der Waals surface area contributed by atoms with Crippen LogP contribution >= 0.6 is 0 Å². The number of hydrogen-bond donors (Lipinski definition) is 1. The van der Waals surface area contributed by atoms with Crippen molar-refractivity contribution < 1.29 is 0 Å². The highest BCUT2D eigenvalue weighted by molar-refractivity contribution is 5.79. The molecule has 20 heavy (non-hydrogen) atoms. The van der Waals surface area contributed by atoms with Gasteiger partial charge in [-0.3, -0.25) is 0 Å². The van der Waals surface area contributed by atoms with Gasteiger partial charge in [0.25, 0.3) is 0 Å². The van der Waals surface area contributed by atoms with Gasteiger partial charge < -0.3 is 9.72 Å². The molecule has 2 aromatic heterocycles.